The van der Waals surface area contributed by atoms with Gasteiger partial charge in [-0.25, -0.2) is 0 Å². The van der Waals surface area contributed by atoms with Crippen LogP contribution < -0.4 is 0 Å². The monoisotopic (exact) mass is 622 g/mol. The van der Waals surface area contributed by atoms with Gasteiger partial charge in [-0.15, -0.1) is 0 Å². The quantitative estimate of drug-likeness (QED) is 0.172. The Morgan fingerprint density at radius 1 is 0.306 bits per heavy atom. The lowest BCUT2D eigenvalue weighted by molar-refractivity contribution is 0.661. The Kier molecular flexibility index (Phi) is 6.02. The van der Waals surface area contributed by atoms with Gasteiger partial charge in [0.05, 0.1) is 0 Å². The summed E-state index contributed by atoms with van der Waals surface area (Å²) in [5.41, 5.74) is 13.1. The fraction of sp³-hybridized carbons (Fsp3) is 0.0612. The molecule has 49 heavy (non-hydrogen) atoms. The maximum atomic E-state index is 2.49. The van der Waals surface area contributed by atoms with Crippen LogP contribution in [0.25, 0.3) is 87.6 Å². The first-order valence-corrected chi connectivity index (χ1v) is 17.3. The summed E-state index contributed by atoms with van der Waals surface area (Å²) in [6, 6.07) is 63.1. The SMILES string of the molecule is CC1(C)c2cc(-c3c4ccccc4c(-c4cccc(-c5cccc6ccccc56)c4)c4ccccc34)ccc2-c2c1ccc1ccccc21. The van der Waals surface area contributed by atoms with Gasteiger partial charge in [0.15, 0.2) is 0 Å². The van der Waals surface area contributed by atoms with Gasteiger partial charge in [-0.1, -0.05) is 172 Å². The van der Waals surface area contributed by atoms with Crippen molar-refractivity contribution in [1.29, 1.82) is 0 Å². The van der Waals surface area contributed by atoms with Crippen LogP contribution in [0.4, 0.5) is 0 Å². The van der Waals surface area contributed by atoms with E-state index in [1.165, 1.54) is 98.7 Å². The van der Waals surface area contributed by atoms with E-state index < -0.39 is 0 Å². The summed E-state index contributed by atoms with van der Waals surface area (Å²) in [7, 11) is 0. The van der Waals surface area contributed by atoms with Crippen LogP contribution in [0, 0.1) is 0 Å². The number of benzene rings is 9. The lowest BCUT2D eigenvalue weighted by atomic mass is 9.80. The van der Waals surface area contributed by atoms with Gasteiger partial charge >= 0.3 is 0 Å². The Morgan fingerprint density at radius 3 is 1.49 bits per heavy atom. The number of hydrogen-bond donors (Lipinski definition) is 0. The molecule has 0 radical (unpaired) electrons. The predicted octanol–water partition coefficient (Wildman–Crippen LogP) is 13.6. The van der Waals surface area contributed by atoms with E-state index in [0.717, 1.165) is 0 Å². The van der Waals surface area contributed by atoms with Crippen molar-refractivity contribution in [3.63, 3.8) is 0 Å². The second-order valence-corrected chi connectivity index (χ2v) is 14.0. The molecule has 0 atom stereocenters. The molecule has 0 bridgehead atoms. The van der Waals surface area contributed by atoms with Gasteiger partial charge in [-0.2, -0.15) is 0 Å². The number of fused-ring (bicyclic) bond motifs is 8. The minimum Gasteiger partial charge on any atom is -0.0616 e. The van der Waals surface area contributed by atoms with Crippen LogP contribution in [0.2, 0.25) is 0 Å². The van der Waals surface area contributed by atoms with E-state index in [0.29, 0.717) is 0 Å². The fourth-order valence-corrected chi connectivity index (χ4v) is 8.73. The van der Waals surface area contributed by atoms with Gasteiger partial charge in [0.25, 0.3) is 0 Å². The zero-order valence-electron chi connectivity index (χ0n) is 27.7. The summed E-state index contributed by atoms with van der Waals surface area (Å²) in [6.45, 7) is 4.77. The first-order valence-electron chi connectivity index (χ1n) is 17.3. The van der Waals surface area contributed by atoms with E-state index in [1.807, 2.05) is 0 Å². The average molecular weight is 623 g/mol. The van der Waals surface area contributed by atoms with Crippen molar-refractivity contribution in [3.8, 4) is 44.5 Å². The van der Waals surface area contributed by atoms with Crippen LogP contribution in [0.1, 0.15) is 25.0 Å². The highest BCUT2D eigenvalue weighted by Gasteiger charge is 2.36. The van der Waals surface area contributed by atoms with E-state index in [-0.39, 0.29) is 5.41 Å². The third kappa shape index (κ3) is 4.11. The van der Waals surface area contributed by atoms with Gasteiger partial charge in [0, 0.05) is 5.41 Å². The number of hydrogen-bond acceptors (Lipinski definition) is 0. The molecule has 0 aromatic heterocycles. The molecule has 230 valence electrons. The van der Waals surface area contributed by atoms with Gasteiger partial charge in [0.1, 0.15) is 0 Å². The van der Waals surface area contributed by atoms with E-state index in [9.17, 15) is 0 Å². The van der Waals surface area contributed by atoms with Gasteiger partial charge in [-0.3, -0.25) is 0 Å². The molecule has 0 unspecified atom stereocenters. The lowest BCUT2D eigenvalue weighted by Crippen LogP contribution is -2.15. The van der Waals surface area contributed by atoms with Crippen molar-refractivity contribution in [3.05, 3.63) is 181 Å². The fourth-order valence-electron chi connectivity index (χ4n) is 8.73. The van der Waals surface area contributed by atoms with Gasteiger partial charge < -0.3 is 0 Å². The summed E-state index contributed by atoms with van der Waals surface area (Å²) in [5, 5.41) is 10.3. The lowest BCUT2D eigenvalue weighted by Gasteiger charge is -2.23. The van der Waals surface area contributed by atoms with Gasteiger partial charge in [-0.05, 0) is 111 Å². The topological polar surface area (TPSA) is 0 Å². The molecular formula is C49H34. The highest BCUT2D eigenvalue weighted by Crippen LogP contribution is 2.53. The summed E-state index contributed by atoms with van der Waals surface area (Å²) in [6.07, 6.45) is 0. The Morgan fingerprint density at radius 2 is 0.816 bits per heavy atom. The minimum atomic E-state index is -0.0989. The normalized spacial score (nSPS) is 13.3. The van der Waals surface area contributed by atoms with Crippen LogP contribution in [0.15, 0.2) is 170 Å². The minimum absolute atomic E-state index is 0.0989. The van der Waals surface area contributed by atoms with Crippen LogP contribution in [0.3, 0.4) is 0 Å². The second-order valence-electron chi connectivity index (χ2n) is 14.0. The van der Waals surface area contributed by atoms with E-state index in [1.54, 1.807) is 0 Å². The summed E-state index contributed by atoms with van der Waals surface area (Å²) in [5.74, 6) is 0. The highest BCUT2D eigenvalue weighted by molar-refractivity contribution is 6.21. The van der Waals surface area contributed by atoms with Crippen molar-refractivity contribution in [2.75, 3.05) is 0 Å². The standard InChI is InChI=1S/C49H34/c1-49(2)44-28-26-32-14-4-6-19-38(32)48(44)43-27-25-35(30-45(43)49)47-41-22-9-7-20-39(41)46(40-21-8-10-23-42(40)47)34-17-11-16-33(29-34)37-24-12-15-31-13-3-5-18-36(31)37/h3-30H,1-2H3. The Bertz CT molecular complexity index is 2730. The average Bonchev–Trinajstić information content (AvgIpc) is 3.39. The summed E-state index contributed by atoms with van der Waals surface area (Å²) in [4.78, 5) is 0. The molecule has 0 N–H and O–H groups in total. The highest BCUT2D eigenvalue weighted by atomic mass is 14.4. The molecular weight excluding hydrogens is 589 g/mol. The molecule has 0 saturated heterocycles. The Hall–Kier alpha value is -5.98. The molecule has 0 nitrogen and oxygen atoms in total. The molecule has 9 aromatic carbocycles. The van der Waals surface area contributed by atoms with E-state index >= 15 is 0 Å². The smallest absolute Gasteiger partial charge is 0.0159 e. The molecule has 1 aliphatic carbocycles. The molecule has 10 rings (SSSR count). The van der Waals surface area contributed by atoms with Crippen LogP contribution in [-0.4, -0.2) is 0 Å². The number of rotatable bonds is 3. The van der Waals surface area contributed by atoms with Crippen LogP contribution in [0.5, 0.6) is 0 Å². The third-order valence-electron chi connectivity index (χ3n) is 11.0. The molecule has 0 fully saturated rings. The zero-order valence-corrected chi connectivity index (χ0v) is 27.7. The molecule has 0 saturated carbocycles. The Labute approximate surface area is 286 Å². The predicted molar refractivity (Wildman–Crippen MR) is 210 cm³/mol. The first kappa shape index (κ1) is 28.1. The second kappa shape index (κ2) is 10.5. The maximum Gasteiger partial charge on any atom is 0.0159 e. The molecule has 0 spiro atoms. The van der Waals surface area contributed by atoms with E-state index in [4.69, 9.17) is 0 Å². The molecule has 0 amide bonds. The van der Waals surface area contributed by atoms with Crippen LogP contribution in [-0.2, 0) is 5.41 Å². The van der Waals surface area contributed by atoms with Crippen molar-refractivity contribution in [2.24, 2.45) is 0 Å². The molecule has 9 aromatic rings. The molecule has 1 aliphatic rings. The molecule has 0 heteroatoms. The first-order chi connectivity index (χ1) is 24.1. The van der Waals surface area contributed by atoms with Crippen molar-refractivity contribution in [2.45, 2.75) is 19.3 Å². The van der Waals surface area contributed by atoms with Gasteiger partial charge in [0.2, 0.25) is 0 Å². The maximum absolute atomic E-state index is 2.49. The zero-order chi connectivity index (χ0) is 32.7. The van der Waals surface area contributed by atoms with Crippen molar-refractivity contribution in [1.82, 2.24) is 0 Å². The van der Waals surface area contributed by atoms with E-state index in [2.05, 4.69) is 184 Å². The molecule has 0 heterocycles. The summed E-state index contributed by atoms with van der Waals surface area (Å²) < 4.78 is 0. The van der Waals surface area contributed by atoms with Crippen molar-refractivity contribution >= 4 is 43.1 Å². The third-order valence-corrected chi connectivity index (χ3v) is 11.0. The van der Waals surface area contributed by atoms with Crippen molar-refractivity contribution < 1.29 is 0 Å². The van der Waals surface area contributed by atoms with Crippen LogP contribution >= 0.6 is 0 Å². The Balaban J connectivity index is 1.21. The summed E-state index contributed by atoms with van der Waals surface area (Å²) >= 11 is 0. The largest absolute Gasteiger partial charge is 0.0616 e. The molecule has 0 aliphatic heterocycles.